The zero-order valence-corrected chi connectivity index (χ0v) is 22.2. The largest absolute Gasteiger partial charge is 0.507 e. The number of aryl methyl sites for hydroxylation is 2. The van der Waals surface area contributed by atoms with Crippen molar-refractivity contribution in [2.45, 2.75) is 38.8 Å². The number of carbonyl (C=O) groups excluding carboxylic acids is 5. The fourth-order valence-electron chi connectivity index (χ4n) is 4.35. The lowest BCUT2D eigenvalue weighted by Crippen LogP contribution is -2.54. The van der Waals surface area contributed by atoms with Gasteiger partial charge in [-0.05, 0) is 48.7 Å². The molecule has 40 heavy (non-hydrogen) atoms. The van der Waals surface area contributed by atoms with Crippen molar-refractivity contribution in [1.82, 2.24) is 10.6 Å². The number of rotatable bonds is 9. The number of nitrogens with zero attached hydrogens (tertiary/aromatic N) is 2. The Morgan fingerprint density at radius 1 is 1.18 bits per heavy atom. The number of phenolic OH excluding ortho intramolecular Hbond substituents is 1. The molecule has 0 saturated heterocycles. The summed E-state index contributed by atoms with van der Waals surface area (Å²) < 4.78 is 4.90. The van der Waals surface area contributed by atoms with E-state index in [1.54, 1.807) is 19.1 Å². The van der Waals surface area contributed by atoms with Crippen LogP contribution in [0.1, 0.15) is 34.8 Å². The number of fused-ring (bicyclic) bond motifs is 1. The Morgan fingerprint density at radius 3 is 2.45 bits per heavy atom. The van der Waals surface area contributed by atoms with Gasteiger partial charge in [0.1, 0.15) is 24.6 Å². The number of phenols is 1. The molecular formula is C27H30N4O9. The maximum Gasteiger partial charge on any atom is 0.414 e. The number of aromatic hydroxyl groups is 1. The zero-order valence-electron chi connectivity index (χ0n) is 22.2. The first kappa shape index (κ1) is 29.6. The minimum atomic E-state index is -1.34. The van der Waals surface area contributed by atoms with Crippen molar-refractivity contribution in [3.05, 3.63) is 53.1 Å². The molecule has 13 nitrogen and oxygen atoms in total. The minimum absolute atomic E-state index is 0.0608. The number of hydrogen-bond donors (Lipinski definition) is 4. The molecule has 3 rings (SSSR count). The molecule has 0 saturated carbocycles. The maximum atomic E-state index is 13.8. The maximum absolute atomic E-state index is 13.8. The molecular weight excluding hydrogens is 524 g/mol. The number of methoxy groups -OCH3 is 1. The van der Waals surface area contributed by atoms with Crippen LogP contribution in [0, 0.1) is 6.92 Å². The van der Waals surface area contributed by atoms with Crippen molar-refractivity contribution in [2.24, 2.45) is 0 Å². The van der Waals surface area contributed by atoms with E-state index < -0.39 is 54.8 Å². The quantitative estimate of drug-likeness (QED) is 0.330. The van der Waals surface area contributed by atoms with Gasteiger partial charge in [-0.2, -0.15) is 0 Å². The predicted molar refractivity (Wildman–Crippen MR) is 142 cm³/mol. The van der Waals surface area contributed by atoms with Crippen LogP contribution < -0.4 is 20.4 Å². The Balaban J connectivity index is 1.99. The number of anilines is 2. The highest BCUT2D eigenvalue weighted by molar-refractivity contribution is 6.10. The van der Waals surface area contributed by atoms with Gasteiger partial charge in [-0.25, -0.2) is 4.79 Å². The molecule has 212 valence electrons. The van der Waals surface area contributed by atoms with E-state index in [0.29, 0.717) is 17.5 Å². The SMILES string of the molecule is CCc1cc(C(=O)NC2CN(C(=O)OC)c3ccccc3N(CC(=O)NC(C=O)CC(=O)O)C2=O)cc(C)c1O. The molecule has 2 atom stereocenters. The third-order valence-electron chi connectivity index (χ3n) is 6.32. The number of nitrogens with one attached hydrogen (secondary N) is 2. The van der Waals surface area contributed by atoms with Crippen molar-refractivity contribution < 1.29 is 43.7 Å². The Hall–Kier alpha value is -4.94. The lowest BCUT2D eigenvalue weighted by atomic mass is 10.0. The fraction of sp³-hybridized carbons (Fsp3) is 0.333. The second kappa shape index (κ2) is 12.7. The third kappa shape index (κ3) is 6.54. The molecule has 0 spiro atoms. The highest BCUT2D eigenvalue weighted by atomic mass is 16.5. The summed E-state index contributed by atoms with van der Waals surface area (Å²) in [5.41, 5.74) is 1.55. The number of ether oxygens (including phenoxy) is 1. The summed E-state index contributed by atoms with van der Waals surface area (Å²) in [6, 6.07) is 6.51. The number of carboxylic acids is 1. The van der Waals surface area contributed by atoms with Gasteiger partial charge >= 0.3 is 12.1 Å². The van der Waals surface area contributed by atoms with Crippen molar-refractivity contribution >= 4 is 47.4 Å². The standard InChI is InChI=1S/C27H30N4O9/c1-4-16-10-17(9-15(2)24(16)36)25(37)29-19-12-31(27(39)40-3)21-8-6-5-7-20(21)30(26(19)38)13-22(33)28-18(14-32)11-23(34)35/h5-10,14,18-19,36H,4,11-13H2,1-3H3,(H,28,33)(H,29,37)(H,34,35). The molecule has 4 N–H and O–H groups in total. The number of carbonyl (C=O) groups is 6. The molecule has 4 amide bonds. The summed E-state index contributed by atoms with van der Waals surface area (Å²) in [6.45, 7) is 2.47. The van der Waals surface area contributed by atoms with Gasteiger partial charge in [-0.1, -0.05) is 19.1 Å². The molecule has 2 unspecified atom stereocenters. The van der Waals surface area contributed by atoms with E-state index in [2.05, 4.69) is 10.6 Å². The zero-order chi connectivity index (χ0) is 29.6. The molecule has 0 bridgehead atoms. The molecule has 1 aliphatic rings. The Labute approximate surface area is 229 Å². The van der Waals surface area contributed by atoms with E-state index in [9.17, 15) is 33.9 Å². The van der Waals surface area contributed by atoms with E-state index in [1.165, 1.54) is 24.3 Å². The lowest BCUT2D eigenvalue weighted by molar-refractivity contribution is -0.138. The van der Waals surface area contributed by atoms with Crippen molar-refractivity contribution in [3.63, 3.8) is 0 Å². The van der Waals surface area contributed by atoms with E-state index >= 15 is 0 Å². The van der Waals surface area contributed by atoms with Crippen LogP contribution in [0.25, 0.3) is 0 Å². The average molecular weight is 555 g/mol. The van der Waals surface area contributed by atoms with Crippen molar-refractivity contribution in [1.29, 1.82) is 0 Å². The highest BCUT2D eigenvalue weighted by Gasteiger charge is 2.38. The van der Waals surface area contributed by atoms with Crippen LogP contribution in [0.3, 0.4) is 0 Å². The Morgan fingerprint density at radius 2 is 1.85 bits per heavy atom. The summed E-state index contributed by atoms with van der Waals surface area (Å²) in [7, 11) is 1.16. The molecule has 13 heteroatoms. The number of benzene rings is 2. The number of aldehydes is 1. The van der Waals surface area contributed by atoms with Gasteiger partial charge in [0.2, 0.25) is 5.91 Å². The summed E-state index contributed by atoms with van der Waals surface area (Å²) in [5, 5.41) is 24.1. The molecule has 2 aromatic rings. The fourth-order valence-corrected chi connectivity index (χ4v) is 4.35. The summed E-state index contributed by atoms with van der Waals surface area (Å²) >= 11 is 0. The molecule has 0 aliphatic carbocycles. The number of amides is 4. The van der Waals surface area contributed by atoms with Crippen LogP contribution in [-0.2, 0) is 30.3 Å². The smallest absolute Gasteiger partial charge is 0.414 e. The van der Waals surface area contributed by atoms with Crippen LogP contribution in [0.5, 0.6) is 5.75 Å². The van der Waals surface area contributed by atoms with E-state index in [1.807, 2.05) is 6.92 Å². The van der Waals surface area contributed by atoms with Crippen molar-refractivity contribution in [2.75, 3.05) is 30.0 Å². The molecule has 2 aromatic carbocycles. The van der Waals surface area contributed by atoms with E-state index in [-0.39, 0.29) is 35.5 Å². The Kier molecular flexibility index (Phi) is 9.43. The van der Waals surface area contributed by atoms with Gasteiger partial charge in [0, 0.05) is 5.56 Å². The van der Waals surface area contributed by atoms with Gasteiger partial charge in [0.15, 0.2) is 0 Å². The first-order valence-corrected chi connectivity index (χ1v) is 12.4. The van der Waals surface area contributed by atoms with Gasteiger partial charge in [-0.3, -0.25) is 29.0 Å². The average Bonchev–Trinajstić information content (AvgIpc) is 3.04. The molecule has 0 fully saturated rings. The predicted octanol–water partition coefficient (Wildman–Crippen LogP) is 1.14. The first-order valence-electron chi connectivity index (χ1n) is 12.4. The Bertz CT molecular complexity index is 1340. The van der Waals surface area contributed by atoms with Gasteiger partial charge in [-0.15, -0.1) is 0 Å². The van der Waals surface area contributed by atoms with E-state index in [4.69, 9.17) is 9.84 Å². The van der Waals surface area contributed by atoms with Gasteiger partial charge in [0.25, 0.3) is 11.8 Å². The van der Waals surface area contributed by atoms with Gasteiger partial charge < -0.3 is 30.4 Å². The number of aliphatic carboxylic acids is 1. The minimum Gasteiger partial charge on any atom is -0.507 e. The van der Waals surface area contributed by atoms with Crippen molar-refractivity contribution in [3.8, 4) is 5.75 Å². The van der Waals surface area contributed by atoms with Crippen LogP contribution in [-0.4, -0.2) is 78.6 Å². The third-order valence-corrected chi connectivity index (χ3v) is 6.32. The summed E-state index contributed by atoms with van der Waals surface area (Å²) in [5.74, 6) is -3.47. The topological polar surface area (TPSA) is 183 Å². The van der Waals surface area contributed by atoms with Crippen LogP contribution in [0.4, 0.5) is 16.2 Å². The number of para-hydroxylation sites is 2. The molecule has 0 radical (unpaired) electrons. The monoisotopic (exact) mass is 554 g/mol. The molecule has 1 aliphatic heterocycles. The second-order valence-electron chi connectivity index (χ2n) is 9.08. The summed E-state index contributed by atoms with van der Waals surface area (Å²) in [6.07, 6.45) is -0.743. The highest BCUT2D eigenvalue weighted by Crippen LogP contribution is 2.33. The molecule has 1 heterocycles. The first-order chi connectivity index (χ1) is 19.0. The van der Waals surface area contributed by atoms with Crippen LogP contribution >= 0.6 is 0 Å². The van der Waals surface area contributed by atoms with E-state index in [0.717, 1.165) is 16.9 Å². The van der Waals surface area contributed by atoms with Crippen LogP contribution in [0.15, 0.2) is 36.4 Å². The second-order valence-corrected chi connectivity index (χ2v) is 9.08. The van der Waals surface area contributed by atoms with Crippen LogP contribution in [0.2, 0.25) is 0 Å². The molecule has 0 aromatic heterocycles. The number of carboxylic acid groups (broad SMARTS) is 1. The van der Waals surface area contributed by atoms with Gasteiger partial charge in [0.05, 0.1) is 37.5 Å². The lowest BCUT2D eigenvalue weighted by Gasteiger charge is -2.25. The normalized spacial score (nSPS) is 15.4. The number of hydrogen-bond acceptors (Lipinski definition) is 8. The summed E-state index contributed by atoms with van der Waals surface area (Å²) in [4.78, 5) is 77.0.